The molecular formula is C16H12N2O. The molecule has 0 saturated heterocycles. The number of hydrogen-bond acceptors (Lipinski definition) is 3. The summed E-state index contributed by atoms with van der Waals surface area (Å²) in [4.78, 5) is 20.3. The largest absolute Gasteiger partial charge is 0.298 e. The molecule has 1 aliphatic rings. The predicted octanol–water partition coefficient (Wildman–Crippen LogP) is 2.61. The molecule has 0 N–H and O–H groups in total. The molecular weight excluding hydrogens is 236 g/mol. The Morgan fingerprint density at radius 1 is 0.895 bits per heavy atom. The molecule has 0 aromatic heterocycles. The Morgan fingerprint density at radius 3 is 2.16 bits per heavy atom. The number of hydrogen-bond donors (Lipinski definition) is 0. The van der Waals surface area contributed by atoms with Crippen LogP contribution < -0.4 is 0 Å². The smallest absolute Gasteiger partial charge is 0.231 e. The van der Waals surface area contributed by atoms with Gasteiger partial charge in [0.1, 0.15) is 0 Å². The first-order chi connectivity index (χ1) is 9.34. The molecule has 3 rings (SSSR count). The molecule has 0 radical (unpaired) electrons. The van der Waals surface area contributed by atoms with Gasteiger partial charge in [-0.25, -0.2) is 9.98 Å². The van der Waals surface area contributed by atoms with E-state index in [9.17, 15) is 4.79 Å². The topological polar surface area (TPSA) is 41.8 Å². The number of carbonyl (C=O) groups is 1. The van der Waals surface area contributed by atoms with E-state index < -0.39 is 5.66 Å². The second-order valence-electron chi connectivity index (χ2n) is 4.33. The lowest BCUT2D eigenvalue weighted by atomic mass is 10.0. The summed E-state index contributed by atoms with van der Waals surface area (Å²) in [5, 5.41) is 0. The first-order valence-electron chi connectivity index (χ1n) is 6.06. The van der Waals surface area contributed by atoms with E-state index in [4.69, 9.17) is 0 Å². The van der Waals surface area contributed by atoms with Gasteiger partial charge in [-0.2, -0.15) is 0 Å². The van der Waals surface area contributed by atoms with Crippen molar-refractivity contribution in [1.29, 1.82) is 0 Å². The van der Waals surface area contributed by atoms with E-state index in [-0.39, 0.29) is 0 Å². The zero-order valence-corrected chi connectivity index (χ0v) is 10.2. The van der Waals surface area contributed by atoms with Gasteiger partial charge in [0, 0.05) is 11.1 Å². The van der Waals surface area contributed by atoms with Crippen LogP contribution in [0.15, 0.2) is 70.6 Å². The standard InChI is InChI=1S/C16H12N2O/c19-12-16(14-9-5-2-6-10-14)17-11-15(18-16)13-7-3-1-4-8-13/h1-12H. The molecule has 3 heteroatoms. The van der Waals surface area contributed by atoms with Crippen LogP contribution in [-0.2, 0) is 10.5 Å². The first-order valence-corrected chi connectivity index (χ1v) is 6.06. The van der Waals surface area contributed by atoms with Crippen LogP contribution in [0.1, 0.15) is 11.1 Å². The van der Waals surface area contributed by atoms with Crippen LogP contribution in [0.3, 0.4) is 0 Å². The van der Waals surface area contributed by atoms with Crippen LogP contribution in [-0.4, -0.2) is 18.2 Å². The van der Waals surface area contributed by atoms with Crippen molar-refractivity contribution < 1.29 is 4.79 Å². The summed E-state index contributed by atoms with van der Waals surface area (Å²) >= 11 is 0. The Morgan fingerprint density at radius 2 is 1.53 bits per heavy atom. The van der Waals surface area contributed by atoms with Crippen molar-refractivity contribution in [2.45, 2.75) is 5.66 Å². The van der Waals surface area contributed by atoms with Crippen LogP contribution in [0.4, 0.5) is 0 Å². The molecule has 0 fully saturated rings. The van der Waals surface area contributed by atoms with Gasteiger partial charge in [-0.1, -0.05) is 60.7 Å². The van der Waals surface area contributed by atoms with Crippen molar-refractivity contribution in [3.63, 3.8) is 0 Å². The SMILES string of the molecule is O=CC1(c2ccccc2)N=CC(c2ccccc2)=N1. The Hall–Kier alpha value is -2.55. The molecule has 0 saturated carbocycles. The van der Waals surface area contributed by atoms with Crippen molar-refractivity contribution in [3.8, 4) is 0 Å². The van der Waals surface area contributed by atoms with Crippen molar-refractivity contribution in [3.05, 3.63) is 71.8 Å². The normalized spacial score (nSPS) is 21.2. The Labute approximate surface area is 111 Å². The fourth-order valence-electron chi connectivity index (χ4n) is 2.10. The molecule has 2 aromatic carbocycles. The van der Waals surface area contributed by atoms with E-state index in [2.05, 4.69) is 9.98 Å². The van der Waals surface area contributed by atoms with Gasteiger partial charge in [-0.05, 0) is 0 Å². The van der Waals surface area contributed by atoms with Crippen LogP contribution in [0, 0.1) is 0 Å². The number of aliphatic imine (C=N–C) groups is 2. The average molecular weight is 248 g/mol. The third-order valence-electron chi connectivity index (χ3n) is 3.11. The van der Waals surface area contributed by atoms with Gasteiger partial charge in [0.05, 0.1) is 11.9 Å². The van der Waals surface area contributed by atoms with Crippen molar-refractivity contribution in [2.24, 2.45) is 9.98 Å². The van der Waals surface area contributed by atoms with E-state index in [1.54, 1.807) is 6.21 Å². The zero-order valence-electron chi connectivity index (χ0n) is 10.2. The number of aldehydes is 1. The minimum absolute atomic E-state index is 0.733. The van der Waals surface area contributed by atoms with E-state index in [0.717, 1.165) is 23.1 Å². The monoisotopic (exact) mass is 248 g/mol. The maximum atomic E-state index is 11.5. The van der Waals surface area contributed by atoms with Crippen LogP contribution in [0.5, 0.6) is 0 Å². The summed E-state index contributed by atoms with van der Waals surface area (Å²) in [7, 11) is 0. The summed E-state index contributed by atoms with van der Waals surface area (Å²) in [5.74, 6) is 0. The van der Waals surface area contributed by atoms with E-state index >= 15 is 0 Å². The van der Waals surface area contributed by atoms with Crippen molar-refractivity contribution in [1.82, 2.24) is 0 Å². The highest BCUT2D eigenvalue weighted by Crippen LogP contribution is 2.29. The lowest BCUT2D eigenvalue weighted by Crippen LogP contribution is -2.20. The maximum absolute atomic E-state index is 11.5. The van der Waals surface area contributed by atoms with Gasteiger partial charge in [0.25, 0.3) is 0 Å². The molecule has 0 bridgehead atoms. The first kappa shape index (κ1) is 11.5. The Balaban J connectivity index is 2.06. The summed E-state index contributed by atoms with van der Waals surface area (Å²) in [5.41, 5.74) is 1.36. The molecule has 0 spiro atoms. The lowest BCUT2D eigenvalue weighted by Gasteiger charge is -2.15. The minimum Gasteiger partial charge on any atom is -0.298 e. The molecule has 1 heterocycles. The molecule has 0 aliphatic carbocycles. The van der Waals surface area contributed by atoms with Crippen LogP contribution in [0.2, 0.25) is 0 Å². The second kappa shape index (κ2) is 4.61. The molecule has 19 heavy (non-hydrogen) atoms. The number of carbonyl (C=O) groups excluding carboxylic acids is 1. The van der Waals surface area contributed by atoms with Gasteiger partial charge in [0.15, 0.2) is 6.29 Å². The Bertz CT molecular complexity index is 647. The highest BCUT2D eigenvalue weighted by molar-refractivity contribution is 6.39. The quantitative estimate of drug-likeness (QED) is 0.770. The highest BCUT2D eigenvalue weighted by atomic mass is 16.1. The maximum Gasteiger partial charge on any atom is 0.231 e. The third-order valence-corrected chi connectivity index (χ3v) is 3.11. The van der Waals surface area contributed by atoms with Gasteiger partial charge in [-0.3, -0.25) is 4.79 Å². The predicted molar refractivity (Wildman–Crippen MR) is 75.7 cm³/mol. The molecule has 2 aromatic rings. The van der Waals surface area contributed by atoms with Crippen molar-refractivity contribution in [2.75, 3.05) is 0 Å². The van der Waals surface area contributed by atoms with E-state index in [0.29, 0.717) is 0 Å². The number of rotatable bonds is 3. The molecule has 92 valence electrons. The summed E-state index contributed by atoms with van der Waals surface area (Å²) in [6, 6.07) is 19.1. The fraction of sp³-hybridized carbons (Fsp3) is 0.0625. The zero-order chi connectivity index (χ0) is 13.1. The average Bonchev–Trinajstić information content (AvgIpc) is 2.95. The van der Waals surface area contributed by atoms with E-state index in [1.165, 1.54) is 0 Å². The van der Waals surface area contributed by atoms with Gasteiger partial charge in [0.2, 0.25) is 5.66 Å². The van der Waals surface area contributed by atoms with Crippen LogP contribution in [0.25, 0.3) is 0 Å². The molecule has 1 unspecified atom stereocenters. The molecule has 0 amide bonds. The minimum atomic E-state index is -1.12. The van der Waals surface area contributed by atoms with Crippen molar-refractivity contribution >= 4 is 18.2 Å². The summed E-state index contributed by atoms with van der Waals surface area (Å²) in [6.07, 6.45) is 2.45. The third kappa shape index (κ3) is 1.99. The van der Waals surface area contributed by atoms with Gasteiger partial charge in [-0.15, -0.1) is 0 Å². The molecule has 3 nitrogen and oxygen atoms in total. The molecule has 1 aliphatic heterocycles. The fourth-order valence-corrected chi connectivity index (χ4v) is 2.10. The highest BCUT2D eigenvalue weighted by Gasteiger charge is 2.34. The Kier molecular flexibility index (Phi) is 2.80. The summed E-state index contributed by atoms with van der Waals surface area (Å²) < 4.78 is 0. The summed E-state index contributed by atoms with van der Waals surface area (Å²) in [6.45, 7) is 0. The lowest BCUT2D eigenvalue weighted by molar-refractivity contribution is -0.112. The number of nitrogens with zero attached hydrogens (tertiary/aromatic N) is 2. The van der Waals surface area contributed by atoms with Gasteiger partial charge >= 0.3 is 0 Å². The second-order valence-corrected chi connectivity index (χ2v) is 4.33. The molecule has 1 atom stereocenters. The van der Waals surface area contributed by atoms with Crippen LogP contribution >= 0.6 is 0 Å². The van der Waals surface area contributed by atoms with E-state index in [1.807, 2.05) is 60.7 Å². The number of benzene rings is 2. The van der Waals surface area contributed by atoms with Gasteiger partial charge < -0.3 is 0 Å².